The summed E-state index contributed by atoms with van der Waals surface area (Å²) < 4.78 is 6.35. The van der Waals surface area contributed by atoms with Crippen LogP contribution in [0.25, 0.3) is 11.1 Å². The summed E-state index contributed by atoms with van der Waals surface area (Å²) in [6, 6.07) is 19.4. The van der Waals surface area contributed by atoms with E-state index in [1.807, 2.05) is 69.3 Å². The van der Waals surface area contributed by atoms with Crippen molar-refractivity contribution in [3.63, 3.8) is 0 Å². The van der Waals surface area contributed by atoms with Gasteiger partial charge in [0.05, 0.1) is 19.6 Å². The van der Waals surface area contributed by atoms with E-state index in [4.69, 9.17) is 4.74 Å². The molecule has 0 aliphatic heterocycles. The Morgan fingerprint density at radius 2 is 1.74 bits per heavy atom. The molecule has 178 valence electrons. The number of nitrogens with zero attached hydrogens (tertiary/aromatic N) is 1. The van der Waals surface area contributed by atoms with Gasteiger partial charge in [0.15, 0.2) is 0 Å². The summed E-state index contributed by atoms with van der Waals surface area (Å²) in [5, 5.41) is 3.02. The minimum Gasteiger partial charge on any atom is -0.469 e. The molecule has 1 aromatic heterocycles. The quantitative estimate of drug-likeness (QED) is 0.464. The lowest BCUT2D eigenvalue weighted by Gasteiger charge is -2.25. The number of esters is 1. The Balaban J connectivity index is 1.96. The first kappa shape index (κ1) is 25.0. The number of aryl methyl sites for hydroxylation is 1. The van der Waals surface area contributed by atoms with Gasteiger partial charge in [-0.05, 0) is 53.6 Å². The monoisotopic (exact) mass is 460 g/mol. The lowest BCUT2D eigenvalue weighted by molar-refractivity contribution is -0.141. The zero-order chi connectivity index (χ0) is 24.7. The molecule has 0 fully saturated rings. The Morgan fingerprint density at radius 3 is 2.41 bits per heavy atom. The van der Waals surface area contributed by atoms with Crippen LogP contribution in [0.4, 0.5) is 0 Å². The highest BCUT2D eigenvalue weighted by Gasteiger charge is 2.27. The first-order valence-corrected chi connectivity index (χ1v) is 11.5. The molecule has 6 nitrogen and oxygen atoms in total. The number of methoxy groups -OCH3 is 1. The second-order valence-corrected chi connectivity index (χ2v) is 8.87. The Labute approximate surface area is 200 Å². The number of pyridine rings is 1. The van der Waals surface area contributed by atoms with Gasteiger partial charge < -0.3 is 14.6 Å². The van der Waals surface area contributed by atoms with Gasteiger partial charge in [0, 0.05) is 12.3 Å². The number of carbonyl (C=O) groups excluding carboxylic acids is 2. The first-order chi connectivity index (χ1) is 16.3. The number of aromatic nitrogens is 1. The third kappa shape index (κ3) is 6.22. The van der Waals surface area contributed by atoms with E-state index >= 15 is 0 Å². The normalized spacial score (nSPS) is 12.7. The maximum atomic E-state index is 13.5. The fourth-order valence-corrected chi connectivity index (χ4v) is 4.08. The lowest BCUT2D eigenvalue weighted by Crippen LogP contribution is -2.40. The number of carbonyl (C=O) groups is 2. The van der Waals surface area contributed by atoms with E-state index in [9.17, 15) is 14.4 Å². The van der Waals surface area contributed by atoms with Crippen LogP contribution < -0.4 is 10.9 Å². The van der Waals surface area contributed by atoms with Crippen molar-refractivity contribution in [2.24, 2.45) is 5.92 Å². The maximum absolute atomic E-state index is 13.5. The van der Waals surface area contributed by atoms with E-state index in [1.165, 1.54) is 17.7 Å². The summed E-state index contributed by atoms with van der Waals surface area (Å²) in [5.74, 6) is -0.549. The summed E-state index contributed by atoms with van der Waals surface area (Å²) in [6.45, 7) is 6.06. The number of benzene rings is 2. The molecule has 34 heavy (non-hydrogen) atoms. The van der Waals surface area contributed by atoms with Crippen molar-refractivity contribution in [3.05, 3.63) is 94.4 Å². The van der Waals surface area contributed by atoms with Crippen LogP contribution in [-0.2, 0) is 14.3 Å². The number of amides is 1. The van der Waals surface area contributed by atoms with E-state index < -0.39 is 18.1 Å². The Hall–Kier alpha value is -3.67. The van der Waals surface area contributed by atoms with Crippen molar-refractivity contribution in [2.75, 3.05) is 7.11 Å². The average molecular weight is 461 g/mol. The molecule has 0 radical (unpaired) electrons. The SMILES string of the molecule is COC(=O)C[C@H](NC(=O)C(CC(C)C)n1ccccc1=O)c1cccc(-c2ccccc2C)c1. The van der Waals surface area contributed by atoms with Gasteiger partial charge in [-0.2, -0.15) is 0 Å². The molecule has 0 saturated heterocycles. The zero-order valence-corrected chi connectivity index (χ0v) is 20.2. The molecule has 0 spiro atoms. The predicted molar refractivity (Wildman–Crippen MR) is 133 cm³/mol. The summed E-state index contributed by atoms with van der Waals surface area (Å²) >= 11 is 0. The van der Waals surface area contributed by atoms with Crippen LogP contribution in [0, 0.1) is 12.8 Å². The molecule has 0 bridgehead atoms. The van der Waals surface area contributed by atoms with Crippen LogP contribution in [0.1, 0.15) is 49.9 Å². The van der Waals surface area contributed by atoms with Gasteiger partial charge >= 0.3 is 5.97 Å². The van der Waals surface area contributed by atoms with Crippen molar-refractivity contribution in [2.45, 2.75) is 45.7 Å². The van der Waals surface area contributed by atoms with Crippen molar-refractivity contribution in [1.29, 1.82) is 0 Å². The van der Waals surface area contributed by atoms with Gasteiger partial charge in [0.25, 0.3) is 5.56 Å². The largest absolute Gasteiger partial charge is 0.469 e. The second-order valence-electron chi connectivity index (χ2n) is 8.87. The number of ether oxygens (including phenoxy) is 1. The van der Waals surface area contributed by atoms with Crippen LogP contribution in [0.15, 0.2) is 77.7 Å². The molecule has 0 saturated carbocycles. The van der Waals surface area contributed by atoms with E-state index in [-0.39, 0.29) is 23.8 Å². The molecule has 3 rings (SSSR count). The van der Waals surface area contributed by atoms with Gasteiger partial charge in [-0.3, -0.25) is 14.4 Å². The topological polar surface area (TPSA) is 77.4 Å². The first-order valence-electron chi connectivity index (χ1n) is 11.5. The summed E-state index contributed by atoms with van der Waals surface area (Å²) in [4.78, 5) is 38.2. The Kier molecular flexibility index (Phi) is 8.41. The van der Waals surface area contributed by atoms with Gasteiger partial charge in [-0.1, -0.05) is 62.4 Å². The van der Waals surface area contributed by atoms with Crippen LogP contribution in [0.2, 0.25) is 0 Å². The highest BCUT2D eigenvalue weighted by atomic mass is 16.5. The van der Waals surface area contributed by atoms with E-state index in [1.54, 1.807) is 18.3 Å². The van der Waals surface area contributed by atoms with E-state index in [0.717, 1.165) is 22.3 Å². The molecule has 1 heterocycles. The van der Waals surface area contributed by atoms with Crippen molar-refractivity contribution >= 4 is 11.9 Å². The van der Waals surface area contributed by atoms with Crippen molar-refractivity contribution in [1.82, 2.24) is 9.88 Å². The summed E-state index contributed by atoms with van der Waals surface area (Å²) in [7, 11) is 1.33. The van der Waals surface area contributed by atoms with Gasteiger partial charge in [0.1, 0.15) is 6.04 Å². The molecule has 1 unspecified atom stereocenters. The third-order valence-corrected chi connectivity index (χ3v) is 5.84. The second kappa shape index (κ2) is 11.5. The number of rotatable bonds is 9. The van der Waals surface area contributed by atoms with Crippen LogP contribution in [-0.4, -0.2) is 23.6 Å². The number of nitrogens with one attached hydrogen (secondary N) is 1. The molecule has 6 heteroatoms. The fourth-order valence-electron chi connectivity index (χ4n) is 4.08. The highest BCUT2D eigenvalue weighted by molar-refractivity contribution is 5.82. The molecular formula is C28H32N2O4. The molecule has 0 aliphatic carbocycles. The van der Waals surface area contributed by atoms with Crippen LogP contribution in [0.5, 0.6) is 0 Å². The third-order valence-electron chi connectivity index (χ3n) is 5.84. The fraction of sp³-hybridized carbons (Fsp3) is 0.321. The molecule has 2 atom stereocenters. The summed E-state index contributed by atoms with van der Waals surface area (Å²) in [5.41, 5.74) is 3.77. The van der Waals surface area contributed by atoms with Crippen LogP contribution >= 0.6 is 0 Å². The highest BCUT2D eigenvalue weighted by Crippen LogP contribution is 2.28. The molecule has 2 aromatic carbocycles. The van der Waals surface area contributed by atoms with Crippen molar-refractivity contribution in [3.8, 4) is 11.1 Å². The Morgan fingerprint density at radius 1 is 1.00 bits per heavy atom. The van der Waals surface area contributed by atoms with E-state index in [0.29, 0.717) is 6.42 Å². The Bertz CT molecular complexity index is 1200. The van der Waals surface area contributed by atoms with Gasteiger partial charge in [0.2, 0.25) is 5.91 Å². The van der Waals surface area contributed by atoms with Crippen molar-refractivity contribution < 1.29 is 14.3 Å². The number of hydrogen-bond acceptors (Lipinski definition) is 4. The zero-order valence-electron chi connectivity index (χ0n) is 20.2. The number of hydrogen-bond donors (Lipinski definition) is 1. The van der Waals surface area contributed by atoms with Gasteiger partial charge in [-0.15, -0.1) is 0 Å². The molecule has 3 aromatic rings. The van der Waals surface area contributed by atoms with Crippen LogP contribution in [0.3, 0.4) is 0 Å². The standard InChI is InChI=1S/C28H32N2O4/c1-19(2)16-25(30-15-8-7-14-26(30)31)28(33)29-24(18-27(32)34-4)22-12-9-11-21(17-22)23-13-6-5-10-20(23)3/h5-15,17,19,24-25H,16,18H2,1-4H3,(H,29,33)/t24-,25?/m0/s1. The minimum absolute atomic E-state index is 0.0163. The predicted octanol–water partition coefficient (Wildman–Crippen LogP) is 4.83. The average Bonchev–Trinajstić information content (AvgIpc) is 2.82. The maximum Gasteiger partial charge on any atom is 0.307 e. The molecule has 1 N–H and O–H groups in total. The molecule has 1 amide bonds. The summed E-state index contributed by atoms with van der Waals surface area (Å²) in [6.07, 6.45) is 2.10. The smallest absolute Gasteiger partial charge is 0.307 e. The van der Waals surface area contributed by atoms with Gasteiger partial charge in [-0.25, -0.2) is 0 Å². The minimum atomic E-state index is -0.687. The molecular weight excluding hydrogens is 428 g/mol. The molecule has 0 aliphatic rings. The lowest BCUT2D eigenvalue weighted by atomic mass is 9.95. The van der Waals surface area contributed by atoms with E-state index in [2.05, 4.69) is 5.32 Å².